The number of nitrogens with one attached hydrogen (secondary N) is 2. The summed E-state index contributed by atoms with van der Waals surface area (Å²) in [6.07, 6.45) is 1.99. The van der Waals surface area contributed by atoms with Crippen molar-refractivity contribution < 1.29 is 14.3 Å². The van der Waals surface area contributed by atoms with Crippen LogP contribution in [0.25, 0.3) is 0 Å². The van der Waals surface area contributed by atoms with E-state index in [0.717, 1.165) is 5.69 Å². The van der Waals surface area contributed by atoms with E-state index < -0.39 is 5.97 Å². The van der Waals surface area contributed by atoms with Gasteiger partial charge < -0.3 is 15.4 Å². The van der Waals surface area contributed by atoms with Crippen molar-refractivity contribution in [1.82, 2.24) is 15.6 Å². The normalized spacial score (nSPS) is 18.5. The van der Waals surface area contributed by atoms with Crippen LogP contribution in [0.1, 0.15) is 22.5 Å². The van der Waals surface area contributed by atoms with Crippen LogP contribution in [-0.2, 0) is 16.1 Å². The highest BCUT2D eigenvalue weighted by atomic mass is 16.5. The van der Waals surface area contributed by atoms with Gasteiger partial charge in [0.15, 0.2) is 0 Å². The van der Waals surface area contributed by atoms with Crippen molar-refractivity contribution >= 4 is 11.9 Å². The van der Waals surface area contributed by atoms with Crippen molar-refractivity contribution in [3.63, 3.8) is 0 Å². The van der Waals surface area contributed by atoms with E-state index >= 15 is 0 Å². The number of amides is 1. The third-order valence-corrected chi connectivity index (χ3v) is 2.80. The zero-order chi connectivity index (χ0) is 13.0. The van der Waals surface area contributed by atoms with Crippen molar-refractivity contribution in [3.8, 4) is 0 Å². The Kier molecular flexibility index (Phi) is 3.88. The molecule has 0 spiro atoms. The zero-order valence-corrected chi connectivity index (χ0v) is 10.1. The molecule has 18 heavy (non-hydrogen) atoms. The van der Waals surface area contributed by atoms with Gasteiger partial charge in [-0.25, -0.2) is 4.79 Å². The molecule has 2 heterocycles. The van der Waals surface area contributed by atoms with Gasteiger partial charge in [0.1, 0.15) is 0 Å². The van der Waals surface area contributed by atoms with Gasteiger partial charge in [-0.3, -0.25) is 9.78 Å². The van der Waals surface area contributed by atoms with Crippen molar-refractivity contribution in [3.05, 3.63) is 29.6 Å². The van der Waals surface area contributed by atoms with Crippen LogP contribution in [0.5, 0.6) is 0 Å². The average Bonchev–Trinajstić information content (AvgIpc) is 2.82. The molecular formula is C12H15N3O3. The molecule has 1 atom stereocenters. The maximum atomic E-state index is 11.2. The summed E-state index contributed by atoms with van der Waals surface area (Å²) >= 11 is 0. The second kappa shape index (κ2) is 5.59. The molecule has 0 aromatic carbocycles. The number of hydrogen-bond donors (Lipinski definition) is 2. The second-order valence-electron chi connectivity index (χ2n) is 4.12. The summed E-state index contributed by atoms with van der Waals surface area (Å²) in [7, 11) is 1.34. The van der Waals surface area contributed by atoms with Crippen LogP contribution in [0.15, 0.2) is 18.3 Å². The lowest BCUT2D eigenvalue weighted by Gasteiger charge is -2.09. The molecule has 1 saturated heterocycles. The molecule has 2 N–H and O–H groups in total. The van der Waals surface area contributed by atoms with Crippen LogP contribution < -0.4 is 10.6 Å². The quantitative estimate of drug-likeness (QED) is 0.725. The lowest BCUT2D eigenvalue weighted by molar-refractivity contribution is -0.119. The van der Waals surface area contributed by atoms with Gasteiger partial charge in [0.2, 0.25) is 5.91 Å². The van der Waals surface area contributed by atoms with Gasteiger partial charge in [0.25, 0.3) is 0 Å². The van der Waals surface area contributed by atoms with Crippen LogP contribution in [-0.4, -0.2) is 36.6 Å². The Bertz CT molecular complexity index is 444. The molecule has 1 aliphatic rings. The fraction of sp³-hybridized carbons (Fsp3) is 0.417. The van der Waals surface area contributed by atoms with E-state index in [1.807, 2.05) is 0 Å². The van der Waals surface area contributed by atoms with Gasteiger partial charge in [0.05, 0.1) is 18.4 Å². The molecule has 6 heteroatoms. The van der Waals surface area contributed by atoms with E-state index in [1.54, 1.807) is 12.1 Å². The molecule has 1 aromatic heterocycles. The monoisotopic (exact) mass is 249 g/mol. The largest absolute Gasteiger partial charge is 0.465 e. The maximum Gasteiger partial charge on any atom is 0.339 e. The first kappa shape index (κ1) is 12.5. The molecular weight excluding hydrogens is 234 g/mol. The number of methoxy groups -OCH3 is 1. The van der Waals surface area contributed by atoms with E-state index in [-0.39, 0.29) is 11.9 Å². The lowest BCUT2D eigenvalue weighted by atomic mass is 10.2. The van der Waals surface area contributed by atoms with E-state index in [1.165, 1.54) is 13.3 Å². The molecule has 2 rings (SSSR count). The zero-order valence-electron chi connectivity index (χ0n) is 10.1. The number of carbonyl (C=O) groups is 2. The second-order valence-corrected chi connectivity index (χ2v) is 4.12. The summed E-state index contributed by atoms with van der Waals surface area (Å²) in [5.74, 6) is -0.325. The minimum absolute atomic E-state index is 0.0708. The maximum absolute atomic E-state index is 11.2. The number of aromatic nitrogens is 1. The predicted molar refractivity (Wildman–Crippen MR) is 63.8 cm³/mol. The number of esters is 1. The Morgan fingerprint density at radius 1 is 1.61 bits per heavy atom. The Labute approximate surface area is 105 Å². The van der Waals surface area contributed by atoms with Crippen LogP contribution in [0, 0.1) is 0 Å². The summed E-state index contributed by atoms with van der Waals surface area (Å²) in [4.78, 5) is 26.4. The third-order valence-electron chi connectivity index (χ3n) is 2.80. The smallest absolute Gasteiger partial charge is 0.339 e. The van der Waals surface area contributed by atoms with E-state index in [4.69, 9.17) is 0 Å². The van der Waals surface area contributed by atoms with Crippen LogP contribution in [0.2, 0.25) is 0 Å². The summed E-state index contributed by atoms with van der Waals surface area (Å²) < 4.78 is 4.59. The average molecular weight is 249 g/mol. The van der Waals surface area contributed by atoms with Crippen molar-refractivity contribution in [2.24, 2.45) is 0 Å². The fourth-order valence-corrected chi connectivity index (χ4v) is 1.77. The molecule has 96 valence electrons. The minimum atomic E-state index is -0.396. The standard InChI is InChI=1S/C12H15N3O3/c1-18-12(17)8-2-3-9(13-5-8)6-14-10-4-11(16)15-7-10/h2-3,5,10,14H,4,6-7H2,1H3,(H,15,16). The third kappa shape index (κ3) is 3.04. The van der Waals surface area contributed by atoms with Crippen LogP contribution in [0.3, 0.4) is 0 Å². The number of hydrogen-bond acceptors (Lipinski definition) is 5. The molecule has 1 aromatic rings. The molecule has 1 amide bonds. The van der Waals surface area contributed by atoms with Gasteiger partial charge in [0, 0.05) is 31.7 Å². The summed E-state index contributed by atoms with van der Waals surface area (Å²) in [5, 5.41) is 5.98. The van der Waals surface area contributed by atoms with Crippen molar-refractivity contribution in [1.29, 1.82) is 0 Å². The molecule has 0 bridgehead atoms. The topological polar surface area (TPSA) is 80.3 Å². The number of nitrogens with zero attached hydrogens (tertiary/aromatic N) is 1. The van der Waals surface area contributed by atoms with E-state index in [0.29, 0.717) is 25.1 Å². The number of rotatable bonds is 4. The van der Waals surface area contributed by atoms with Gasteiger partial charge in [-0.15, -0.1) is 0 Å². The number of pyridine rings is 1. The van der Waals surface area contributed by atoms with E-state index in [9.17, 15) is 9.59 Å². The highest BCUT2D eigenvalue weighted by Gasteiger charge is 2.20. The molecule has 0 radical (unpaired) electrons. The molecule has 0 aliphatic carbocycles. The Hall–Kier alpha value is -1.95. The summed E-state index contributed by atoms with van der Waals surface area (Å²) in [5.41, 5.74) is 1.25. The summed E-state index contributed by atoms with van der Waals surface area (Å²) in [6, 6.07) is 3.59. The Balaban J connectivity index is 1.86. The first-order valence-corrected chi connectivity index (χ1v) is 5.72. The first-order valence-electron chi connectivity index (χ1n) is 5.72. The molecule has 0 saturated carbocycles. The number of ether oxygens (including phenoxy) is 1. The Morgan fingerprint density at radius 2 is 2.44 bits per heavy atom. The fourth-order valence-electron chi connectivity index (χ4n) is 1.77. The molecule has 1 aliphatic heterocycles. The Morgan fingerprint density at radius 3 is 3.00 bits per heavy atom. The predicted octanol–water partition coefficient (Wildman–Crippen LogP) is -0.154. The SMILES string of the molecule is COC(=O)c1ccc(CNC2CNC(=O)C2)nc1. The van der Waals surface area contributed by atoms with Crippen molar-refractivity contribution in [2.75, 3.05) is 13.7 Å². The molecule has 1 unspecified atom stereocenters. The van der Waals surface area contributed by atoms with Gasteiger partial charge in [-0.2, -0.15) is 0 Å². The lowest BCUT2D eigenvalue weighted by Crippen LogP contribution is -2.30. The molecule has 6 nitrogen and oxygen atoms in total. The van der Waals surface area contributed by atoms with Gasteiger partial charge in [-0.05, 0) is 12.1 Å². The number of carbonyl (C=O) groups excluding carboxylic acids is 2. The van der Waals surface area contributed by atoms with Crippen molar-refractivity contribution in [2.45, 2.75) is 19.0 Å². The van der Waals surface area contributed by atoms with Crippen LogP contribution in [0.4, 0.5) is 0 Å². The van der Waals surface area contributed by atoms with Gasteiger partial charge in [-0.1, -0.05) is 0 Å². The first-order chi connectivity index (χ1) is 8.69. The minimum Gasteiger partial charge on any atom is -0.465 e. The summed E-state index contributed by atoms with van der Waals surface area (Å²) in [6.45, 7) is 1.22. The van der Waals surface area contributed by atoms with Gasteiger partial charge >= 0.3 is 5.97 Å². The van der Waals surface area contributed by atoms with Crippen LogP contribution >= 0.6 is 0 Å². The molecule has 1 fully saturated rings. The highest BCUT2D eigenvalue weighted by molar-refractivity contribution is 5.88. The highest BCUT2D eigenvalue weighted by Crippen LogP contribution is 2.04. The van der Waals surface area contributed by atoms with E-state index in [2.05, 4.69) is 20.4 Å².